The zero-order chi connectivity index (χ0) is 97.7. The first-order valence-corrected chi connectivity index (χ1v) is 45.6. The van der Waals surface area contributed by atoms with Crippen LogP contribution in [0, 0.1) is 29.6 Å². The summed E-state index contributed by atoms with van der Waals surface area (Å²) in [5, 5.41) is 0. The van der Waals surface area contributed by atoms with E-state index in [1.54, 1.807) is 109 Å². The molecule has 0 radical (unpaired) electrons. The molecule has 0 saturated heterocycles. The van der Waals surface area contributed by atoms with Crippen molar-refractivity contribution in [1.29, 1.82) is 0 Å². The lowest BCUT2D eigenvalue weighted by atomic mass is 9.97. The maximum atomic E-state index is 12.4. The summed E-state index contributed by atoms with van der Waals surface area (Å²) >= 11 is 0. The summed E-state index contributed by atoms with van der Waals surface area (Å²) in [6.45, 7) is 17.5. The molecular weight excluding hydrogens is 1900 g/mol. The van der Waals surface area contributed by atoms with E-state index in [0.717, 1.165) is 84.2 Å². The highest BCUT2D eigenvalue weighted by Crippen LogP contribution is 2.26. The number of aryl methyl sites for hydroxylation is 1. The number of carbonyl (C=O) groups excluding carboxylic acids is 8. The maximum Gasteiger partial charge on any atom is 0.323 e. The fraction of sp³-hybridized carbons (Fsp3) is 0.315. The smallest absolute Gasteiger partial charge is 0.323 e. The number of ether oxygens (including phenoxy) is 12. The van der Waals surface area contributed by atoms with Gasteiger partial charge in [0.1, 0.15) is 125 Å². The summed E-state index contributed by atoms with van der Waals surface area (Å²) in [5.41, 5.74) is 33.4. The monoisotopic (exact) mass is 2020 g/mol. The van der Waals surface area contributed by atoms with Crippen molar-refractivity contribution in [1.82, 2.24) is 0 Å². The molecule has 0 aliphatic rings. The van der Waals surface area contributed by atoms with E-state index in [-0.39, 0.29) is 132 Å². The Morgan fingerprint density at radius 3 is 0.671 bits per heavy atom. The normalized spacial score (nSPS) is 11.9. The molecule has 11 aromatic carbocycles. The number of halogens is 4. The Hall–Kier alpha value is -12.7. The van der Waals surface area contributed by atoms with E-state index < -0.39 is 80.9 Å². The van der Waals surface area contributed by atoms with Gasteiger partial charge >= 0.3 is 47.8 Å². The van der Waals surface area contributed by atoms with Gasteiger partial charge in [0.05, 0.1) is 27.6 Å². The highest BCUT2D eigenvalue weighted by Gasteiger charge is 2.27. The van der Waals surface area contributed by atoms with Crippen LogP contribution in [0.25, 0.3) is 0 Å². The lowest BCUT2D eigenvalue weighted by Gasteiger charge is -2.17. The van der Waals surface area contributed by atoms with Gasteiger partial charge in [-0.1, -0.05) is 233 Å². The van der Waals surface area contributed by atoms with E-state index in [2.05, 4.69) is 0 Å². The lowest BCUT2D eigenvalue weighted by Crippen LogP contribution is -2.36. The van der Waals surface area contributed by atoms with Gasteiger partial charge in [-0.05, 0) is 228 Å². The Morgan fingerprint density at radius 2 is 0.471 bits per heavy atom. The van der Waals surface area contributed by atoms with Crippen LogP contribution in [0.3, 0.4) is 0 Å². The lowest BCUT2D eigenvalue weighted by molar-refractivity contribution is -0.155. The SMILES string of the molecule is C.CC(Cc1ccc(OC(=O)C(C)(C)C)cc1)C(=O)OCCOC(=O)C(N)Cc1ccc(OC(=O)C(C)(C)C)cc1.CC(Cc1ccc(OCc2ccccc2)cc1)C(=O)OCCOC(=O)C(N)Cc1ccc(OCc2ccccc2)cc1.Cc1ccc(S(=O)(=O)O)cc1.Cl.Cl.Cl.Cl.NC(Cc1ccc(OCc2ccccc2)cc1)C(=O)OCCOC(=O)C(N)Cc1ccc(OCc2ccccc2)cc1. The minimum atomic E-state index is -4.02. The fourth-order valence-electron chi connectivity index (χ4n) is 12.3. The van der Waals surface area contributed by atoms with Crippen molar-refractivity contribution < 1.29 is 108 Å². The van der Waals surface area contributed by atoms with Crippen LogP contribution in [0.2, 0.25) is 0 Å². The van der Waals surface area contributed by atoms with Gasteiger partial charge in [0, 0.05) is 0 Å². The molecule has 11 rings (SSSR count). The van der Waals surface area contributed by atoms with Crippen LogP contribution < -0.4 is 51.4 Å². The number of hydrogen-bond acceptors (Lipinski definition) is 26. The van der Waals surface area contributed by atoms with Gasteiger partial charge in [-0.15, -0.1) is 49.6 Å². The summed E-state index contributed by atoms with van der Waals surface area (Å²) in [6.07, 6.45) is 2.13. The van der Waals surface area contributed by atoms with E-state index in [4.69, 9.17) is 84.3 Å². The number of nitrogens with two attached hydrogens (primary N) is 4. The van der Waals surface area contributed by atoms with Gasteiger partial charge in [0.15, 0.2) is 0 Å². The largest absolute Gasteiger partial charge is 0.489 e. The molecule has 9 N–H and O–H groups in total. The fourth-order valence-corrected chi connectivity index (χ4v) is 12.7. The molecule has 0 saturated carbocycles. The number of carbonyl (C=O) groups is 8. The molecule has 140 heavy (non-hydrogen) atoms. The van der Waals surface area contributed by atoms with Gasteiger partial charge < -0.3 is 79.8 Å². The maximum absolute atomic E-state index is 12.4. The van der Waals surface area contributed by atoms with Crippen molar-refractivity contribution in [3.8, 4) is 34.5 Å². The third-order valence-electron chi connectivity index (χ3n) is 20.1. The Labute approximate surface area is 846 Å². The first kappa shape index (κ1) is 121. The predicted molar refractivity (Wildman–Crippen MR) is 547 cm³/mol. The standard InChI is InChI=1S/C35H37NO6.C34H36N2O6.C31H41NO8.C7H8O3S.CH4.4ClH/c1-26(22-27-12-16-31(17-13-27)41-24-29-8-4-2-5-9-29)34(37)39-20-21-40-35(38)33(36)23-28-14-18-32(19-15-28)42-25-30-10-6-3-7-11-30;35-31(21-25-11-15-29(16-12-25)41-23-27-7-3-1-4-8-27)33(37)39-19-20-40-34(38)32(36)22-26-13-17-30(18-14-26)42-24-28-9-5-2-6-10-28;1-20(18-21-8-12-23(13-9-21)39-28(35)30(2,3)4)26(33)37-16-17-38-27(34)25(32)19-22-10-14-24(15-11-22)40-29(36)31(5,6)7;1-6-2-4-7(5-3-6)11(8,9)10;;;;;/h2-19,26,33H,20-25,36H2,1H3;1-18,31-32H,19-24,35-36H2;8-15,20,25H,16-19,32H2,1-7H3;2-5H,1H3,(H,8,9,10);1H4;4*1H. The second-order valence-electron chi connectivity index (χ2n) is 34.0. The van der Waals surface area contributed by atoms with Crippen molar-refractivity contribution in [2.45, 2.75) is 164 Å². The molecule has 6 unspecified atom stereocenters. The van der Waals surface area contributed by atoms with Gasteiger partial charge in [0.2, 0.25) is 0 Å². The van der Waals surface area contributed by atoms with E-state index in [9.17, 15) is 46.8 Å². The third-order valence-corrected chi connectivity index (χ3v) is 21.0. The van der Waals surface area contributed by atoms with Crippen molar-refractivity contribution >= 4 is 108 Å². The van der Waals surface area contributed by atoms with Crippen LogP contribution in [-0.4, -0.2) is 125 Å². The summed E-state index contributed by atoms with van der Waals surface area (Å²) in [5.74, 6) is -0.711. The molecule has 32 heteroatoms. The summed E-state index contributed by atoms with van der Waals surface area (Å²) in [6, 6.07) is 85.9. The first-order valence-electron chi connectivity index (χ1n) is 44.2. The first-order chi connectivity index (χ1) is 64.5. The molecule has 0 aromatic heterocycles. The van der Waals surface area contributed by atoms with Crippen molar-refractivity contribution in [2.75, 3.05) is 39.6 Å². The van der Waals surface area contributed by atoms with Crippen LogP contribution in [0.5, 0.6) is 34.5 Å². The minimum Gasteiger partial charge on any atom is -0.489 e. The molecule has 0 amide bonds. The number of benzene rings is 11. The molecule has 6 atom stereocenters. The van der Waals surface area contributed by atoms with Crippen LogP contribution in [0.1, 0.15) is 124 Å². The molecule has 0 fully saturated rings. The van der Waals surface area contributed by atoms with E-state index in [1.165, 1.54) is 12.1 Å². The number of rotatable bonds is 42. The zero-order valence-electron chi connectivity index (χ0n) is 79.3. The summed E-state index contributed by atoms with van der Waals surface area (Å²) in [7, 11) is -4.02. The molecule has 0 aliphatic carbocycles. The molecule has 0 aliphatic heterocycles. The number of esters is 8. The third kappa shape index (κ3) is 46.4. The van der Waals surface area contributed by atoms with Crippen LogP contribution in [0.15, 0.2) is 296 Å². The average molecular weight is 2030 g/mol. The van der Waals surface area contributed by atoms with Gasteiger partial charge in [-0.25, -0.2) is 0 Å². The van der Waals surface area contributed by atoms with Crippen LogP contribution in [0.4, 0.5) is 0 Å². The topological polar surface area (TPSA) is 406 Å². The molecule has 754 valence electrons. The highest BCUT2D eigenvalue weighted by molar-refractivity contribution is 7.85. The van der Waals surface area contributed by atoms with Crippen molar-refractivity contribution in [3.05, 3.63) is 352 Å². The molecule has 0 bridgehead atoms. The van der Waals surface area contributed by atoms with Crippen molar-refractivity contribution in [3.63, 3.8) is 0 Å². The van der Waals surface area contributed by atoms with E-state index in [0.29, 0.717) is 70.0 Å². The summed E-state index contributed by atoms with van der Waals surface area (Å²) in [4.78, 5) is 97.9. The molecule has 27 nitrogen and oxygen atoms in total. The van der Waals surface area contributed by atoms with Gasteiger partial charge in [-0.2, -0.15) is 8.42 Å². The Bertz CT molecular complexity index is 5080. The molecule has 11 aromatic rings. The molecule has 0 spiro atoms. The zero-order valence-corrected chi connectivity index (χ0v) is 83.4. The number of hydrogen-bond donors (Lipinski definition) is 5. The highest BCUT2D eigenvalue weighted by atomic mass is 35.5. The molecular formula is C108H130Cl4N4O23S. The molecule has 0 heterocycles. The summed E-state index contributed by atoms with van der Waals surface area (Å²) < 4.78 is 94.7. The van der Waals surface area contributed by atoms with E-state index in [1.807, 2.05) is 232 Å². The van der Waals surface area contributed by atoms with Crippen molar-refractivity contribution in [2.24, 2.45) is 45.6 Å². The quantitative estimate of drug-likeness (QED) is 0.00780. The van der Waals surface area contributed by atoms with Gasteiger partial charge in [0.25, 0.3) is 10.1 Å². The predicted octanol–water partition coefficient (Wildman–Crippen LogP) is 18.0. The second-order valence-corrected chi connectivity index (χ2v) is 35.4. The van der Waals surface area contributed by atoms with Crippen LogP contribution >= 0.6 is 49.6 Å². The Balaban J connectivity index is 0.000000502. The average Bonchev–Trinajstić information content (AvgIpc) is 0.868. The van der Waals surface area contributed by atoms with E-state index >= 15 is 0 Å². The second kappa shape index (κ2) is 63.1. The minimum absolute atomic E-state index is 0. The Kier molecular flexibility index (Phi) is 54.7. The van der Waals surface area contributed by atoms with Crippen LogP contribution in [-0.2, 0) is 142 Å². The van der Waals surface area contributed by atoms with Gasteiger partial charge in [-0.3, -0.25) is 42.9 Å². The Morgan fingerprint density at radius 1 is 0.279 bits per heavy atom.